The van der Waals surface area contributed by atoms with Crippen LogP contribution in [0.25, 0.3) is 0 Å². The number of benzene rings is 1. The average molecular weight is 315 g/mol. The number of sulfonamides is 1. The molecule has 1 aliphatic carbocycles. The lowest BCUT2D eigenvalue weighted by molar-refractivity contribution is -0.385. The Morgan fingerprint density at radius 1 is 1.48 bits per heavy atom. The number of hydrogen-bond donors (Lipinski definition) is 2. The van der Waals surface area contributed by atoms with Crippen molar-refractivity contribution in [3.8, 4) is 5.75 Å². The fraction of sp³-hybridized carbons (Fsp3) is 0.364. The Balaban J connectivity index is 2.17. The third kappa shape index (κ3) is 4.13. The van der Waals surface area contributed by atoms with Crippen LogP contribution in [0.1, 0.15) is 12.8 Å². The SMILES string of the molecule is NS(=O)(=O)c1cc([N+](=O)[O-])ccc1OCC(=O)NC1CC1. The van der Waals surface area contributed by atoms with Crippen LogP contribution >= 0.6 is 0 Å². The van der Waals surface area contributed by atoms with Gasteiger partial charge in [-0.3, -0.25) is 14.9 Å². The summed E-state index contributed by atoms with van der Waals surface area (Å²) < 4.78 is 28.0. The van der Waals surface area contributed by atoms with Gasteiger partial charge in [0.05, 0.1) is 4.92 Å². The maximum Gasteiger partial charge on any atom is 0.271 e. The van der Waals surface area contributed by atoms with Gasteiger partial charge in [-0.15, -0.1) is 0 Å². The summed E-state index contributed by atoms with van der Waals surface area (Å²) in [6, 6.07) is 3.12. The van der Waals surface area contributed by atoms with Crippen LogP contribution in [0.4, 0.5) is 5.69 Å². The Labute approximate surface area is 120 Å². The van der Waals surface area contributed by atoms with Gasteiger partial charge in [-0.1, -0.05) is 0 Å². The van der Waals surface area contributed by atoms with Crippen molar-refractivity contribution in [1.29, 1.82) is 0 Å². The average Bonchev–Trinajstić information content (AvgIpc) is 3.18. The van der Waals surface area contributed by atoms with Crippen molar-refractivity contribution in [2.45, 2.75) is 23.8 Å². The van der Waals surface area contributed by atoms with Crippen LogP contribution in [-0.2, 0) is 14.8 Å². The Morgan fingerprint density at radius 2 is 2.14 bits per heavy atom. The van der Waals surface area contributed by atoms with Gasteiger partial charge in [0.2, 0.25) is 10.0 Å². The molecule has 9 nitrogen and oxygen atoms in total. The van der Waals surface area contributed by atoms with E-state index in [1.807, 2.05) is 0 Å². The fourth-order valence-electron chi connectivity index (χ4n) is 1.59. The predicted molar refractivity (Wildman–Crippen MR) is 71.1 cm³/mol. The second-order valence-electron chi connectivity index (χ2n) is 4.56. The highest BCUT2D eigenvalue weighted by Gasteiger charge is 2.24. The van der Waals surface area contributed by atoms with Crippen LogP contribution in [0.5, 0.6) is 5.75 Å². The maximum atomic E-state index is 11.5. The number of rotatable bonds is 6. The first kappa shape index (κ1) is 15.2. The third-order valence-electron chi connectivity index (χ3n) is 2.75. The van der Waals surface area contributed by atoms with Crippen molar-refractivity contribution in [2.24, 2.45) is 5.14 Å². The van der Waals surface area contributed by atoms with Crippen molar-refractivity contribution in [3.63, 3.8) is 0 Å². The van der Waals surface area contributed by atoms with Crippen molar-refractivity contribution in [3.05, 3.63) is 28.3 Å². The van der Waals surface area contributed by atoms with E-state index in [0.29, 0.717) is 0 Å². The van der Waals surface area contributed by atoms with E-state index in [1.54, 1.807) is 0 Å². The number of primary sulfonamides is 1. The lowest BCUT2D eigenvalue weighted by Crippen LogP contribution is -2.30. The molecule has 0 aliphatic heterocycles. The number of nitro benzene ring substituents is 1. The molecular weight excluding hydrogens is 302 g/mol. The summed E-state index contributed by atoms with van der Waals surface area (Å²) in [5.41, 5.74) is -0.436. The van der Waals surface area contributed by atoms with Crippen LogP contribution in [0, 0.1) is 10.1 Å². The molecule has 0 heterocycles. The zero-order chi connectivity index (χ0) is 15.6. The Bertz CT molecular complexity index is 683. The molecule has 0 spiro atoms. The molecule has 0 saturated heterocycles. The number of amides is 1. The number of nitro groups is 1. The van der Waals surface area contributed by atoms with E-state index in [4.69, 9.17) is 9.88 Å². The molecule has 1 amide bonds. The topological polar surface area (TPSA) is 142 Å². The van der Waals surface area contributed by atoms with Crippen LogP contribution in [0.3, 0.4) is 0 Å². The van der Waals surface area contributed by atoms with E-state index >= 15 is 0 Å². The number of non-ortho nitro benzene ring substituents is 1. The zero-order valence-corrected chi connectivity index (χ0v) is 11.6. The molecule has 0 unspecified atom stereocenters. The number of ether oxygens (including phenoxy) is 1. The van der Waals surface area contributed by atoms with Crippen molar-refractivity contribution in [1.82, 2.24) is 5.32 Å². The van der Waals surface area contributed by atoms with Gasteiger partial charge in [0.15, 0.2) is 6.61 Å². The largest absolute Gasteiger partial charge is 0.482 e. The van der Waals surface area contributed by atoms with E-state index < -0.39 is 38.0 Å². The van der Waals surface area contributed by atoms with Gasteiger partial charge in [-0.2, -0.15) is 0 Å². The molecule has 1 aromatic rings. The molecule has 0 bridgehead atoms. The summed E-state index contributed by atoms with van der Waals surface area (Å²) in [7, 11) is -4.21. The van der Waals surface area contributed by atoms with Crippen molar-refractivity contribution in [2.75, 3.05) is 6.61 Å². The lowest BCUT2D eigenvalue weighted by Gasteiger charge is -2.10. The second-order valence-corrected chi connectivity index (χ2v) is 6.09. The molecular formula is C11H13N3O6S. The van der Waals surface area contributed by atoms with Crippen LogP contribution in [0.15, 0.2) is 23.1 Å². The van der Waals surface area contributed by atoms with Crippen LogP contribution < -0.4 is 15.2 Å². The van der Waals surface area contributed by atoms with Gasteiger partial charge in [0, 0.05) is 18.2 Å². The summed E-state index contributed by atoms with van der Waals surface area (Å²) in [5, 5.41) is 18.3. The van der Waals surface area contributed by atoms with E-state index in [1.165, 1.54) is 0 Å². The first-order valence-electron chi connectivity index (χ1n) is 6.01. The number of carbonyl (C=O) groups excluding carboxylic acids is 1. The first-order valence-corrected chi connectivity index (χ1v) is 7.55. The maximum absolute atomic E-state index is 11.5. The minimum atomic E-state index is -4.21. The van der Waals surface area contributed by atoms with Gasteiger partial charge >= 0.3 is 0 Å². The van der Waals surface area contributed by atoms with E-state index in [2.05, 4.69) is 5.32 Å². The summed E-state index contributed by atoms with van der Waals surface area (Å²) in [5.74, 6) is -0.592. The smallest absolute Gasteiger partial charge is 0.271 e. The van der Waals surface area contributed by atoms with Gasteiger partial charge in [-0.25, -0.2) is 13.6 Å². The molecule has 1 saturated carbocycles. The zero-order valence-electron chi connectivity index (χ0n) is 10.8. The monoisotopic (exact) mass is 315 g/mol. The molecule has 10 heteroatoms. The minimum absolute atomic E-state index is 0.149. The number of nitrogens with two attached hydrogens (primary N) is 1. The van der Waals surface area contributed by atoms with E-state index in [0.717, 1.165) is 31.0 Å². The van der Waals surface area contributed by atoms with E-state index in [9.17, 15) is 23.3 Å². The highest BCUT2D eigenvalue weighted by atomic mass is 32.2. The molecule has 21 heavy (non-hydrogen) atoms. The lowest BCUT2D eigenvalue weighted by atomic mass is 10.3. The molecule has 1 aromatic carbocycles. The molecule has 1 aliphatic rings. The Morgan fingerprint density at radius 3 is 2.67 bits per heavy atom. The number of hydrogen-bond acceptors (Lipinski definition) is 6. The van der Waals surface area contributed by atoms with Crippen LogP contribution in [-0.4, -0.2) is 31.9 Å². The first-order chi connectivity index (χ1) is 9.77. The van der Waals surface area contributed by atoms with Crippen LogP contribution in [0.2, 0.25) is 0 Å². The summed E-state index contributed by atoms with van der Waals surface area (Å²) >= 11 is 0. The number of carbonyl (C=O) groups is 1. The molecule has 0 atom stereocenters. The summed E-state index contributed by atoms with van der Waals surface area (Å²) in [6.07, 6.45) is 1.82. The molecule has 0 radical (unpaired) electrons. The van der Waals surface area contributed by atoms with Gasteiger partial charge < -0.3 is 10.1 Å². The Hall–Kier alpha value is -2.20. The minimum Gasteiger partial charge on any atom is -0.482 e. The standard InChI is InChI=1S/C11H13N3O6S/c12-21(18,19)10-5-8(14(16)17)3-4-9(10)20-6-11(15)13-7-1-2-7/h3-5,7H,1-2,6H2,(H,13,15)(H2,12,18,19). The normalized spacial score (nSPS) is 14.5. The number of nitrogens with one attached hydrogen (secondary N) is 1. The van der Waals surface area contributed by atoms with Gasteiger partial charge in [0.25, 0.3) is 11.6 Å². The summed E-state index contributed by atoms with van der Waals surface area (Å²) in [4.78, 5) is 20.8. The van der Waals surface area contributed by atoms with Gasteiger partial charge in [0.1, 0.15) is 10.6 Å². The van der Waals surface area contributed by atoms with Gasteiger partial charge in [-0.05, 0) is 18.9 Å². The highest BCUT2D eigenvalue weighted by molar-refractivity contribution is 7.89. The molecule has 1 fully saturated rings. The van der Waals surface area contributed by atoms with Crippen molar-refractivity contribution >= 4 is 21.6 Å². The summed E-state index contributed by atoms with van der Waals surface area (Å²) in [6.45, 7) is -0.392. The second kappa shape index (κ2) is 5.66. The molecule has 0 aromatic heterocycles. The molecule has 2 rings (SSSR count). The highest BCUT2D eigenvalue weighted by Crippen LogP contribution is 2.27. The molecule has 114 valence electrons. The number of nitrogens with zero attached hydrogens (tertiary/aromatic N) is 1. The predicted octanol–water partition coefficient (Wildman–Crippen LogP) is -0.100. The Kier molecular flexibility index (Phi) is 4.09. The third-order valence-corrected chi connectivity index (χ3v) is 3.68. The van der Waals surface area contributed by atoms with E-state index in [-0.39, 0.29) is 11.8 Å². The fourth-order valence-corrected chi connectivity index (χ4v) is 2.28. The quantitative estimate of drug-likeness (QED) is 0.554. The molecule has 3 N–H and O–H groups in total. The van der Waals surface area contributed by atoms with Crippen molar-refractivity contribution < 1.29 is 22.9 Å².